The van der Waals surface area contributed by atoms with E-state index in [9.17, 15) is 19.2 Å². The molecule has 1 rings (SSSR count). The maximum atomic E-state index is 12.9. The number of benzene rings is 1. The molecule has 0 radical (unpaired) electrons. The molecule has 0 aromatic heterocycles. The van der Waals surface area contributed by atoms with Crippen LogP contribution in [0.5, 0.6) is 0 Å². The van der Waals surface area contributed by atoms with Crippen LogP contribution in [0.15, 0.2) is 30.3 Å². The zero-order chi connectivity index (χ0) is 22.7. The quantitative estimate of drug-likeness (QED) is 0.459. The molecule has 0 fully saturated rings. The highest BCUT2D eigenvalue weighted by atomic mass is 16.6. The second-order valence-corrected chi connectivity index (χ2v) is 7.59. The number of hydrogen-bond donors (Lipinski definition) is 2. The number of carbonyl (C=O) groups excluding carboxylic acids is 4. The summed E-state index contributed by atoms with van der Waals surface area (Å²) in [4.78, 5) is 48.6. The molecule has 0 aliphatic carbocycles. The number of methoxy groups -OCH3 is 2. The van der Waals surface area contributed by atoms with Gasteiger partial charge >= 0.3 is 18.0 Å². The van der Waals surface area contributed by atoms with Crippen LogP contribution in [0.3, 0.4) is 0 Å². The van der Waals surface area contributed by atoms with Crippen molar-refractivity contribution in [2.24, 2.45) is 0 Å². The molecule has 2 amide bonds. The summed E-state index contributed by atoms with van der Waals surface area (Å²) in [5.41, 5.74) is 0.0605. The Hall–Kier alpha value is -3.10. The average Bonchev–Trinajstić information content (AvgIpc) is 2.68. The Morgan fingerprint density at radius 2 is 1.57 bits per heavy atom. The summed E-state index contributed by atoms with van der Waals surface area (Å²) in [7, 11) is 2.41. The molecule has 0 saturated heterocycles. The molecule has 30 heavy (non-hydrogen) atoms. The van der Waals surface area contributed by atoms with E-state index >= 15 is 0 Å². The molecule has 0 saturated carbocycles. The van der Waals surface area contributed by atoms with Gasteiger partial charge in [0.05, 0.1) is 14.2 Å². The summed E-state index contributed by atoms with van der Waals surface area (Å²) in [6.45, 7) is 5.12. The first-order chi connectivity index (χ1) is 14.1. The smallest absolute Gasteiger partial charge is 0.408 e. The monoisotopic (exact) mass is 422 g/mol. The van der Waals surface area contributed by atoms with E-state index in [4.69, 9.17) is 9.47 Å². The Labute approximate surface area is 176 Å². The van der Waals surface area contributed by atoms with Crippen LogP contribution >= 0.6 is 0 Å². The van der Waals surface area contributed by atoms with Crippen LogP contribution in [0.25, 0.3) is 0 Å². The lowest BCUT2D eigenvalue weighted by Crippen LogP contribution is -2.53. The van der Waals surface area contributed by atoms with E-state index in [1.165, 1.54) is 14.2 Å². The van der Waals surface area contributed by atoms with E-state index in [1.807, 2.05) is 30.3 Å². The summed E-state index contributed by atoms with van der Waals surface area (Å²) in [5.74, 6) is -1.83. The number of nitrogens with one attached hydrogen (secondary N) is 2. The summed E-state index contributed by atoms with van der Waals surface area (Å²) in [6.07, 6.45) is -0.672. The third-order valence-electron chi connectivity index (χ3n) is 3.96. The predicted octanol–water partition coefficient (Wildman–Crippen LogP) is 1.73. The highest BCUT2D eigenvalue weighted by molar-refractivity contribution is 5.90. The Morgan fingerprint density at radius 3 is 2.10 bits per heavy atom. The van der Waals surface area contributed by atoms with Gasteiger partial charge in [-0.15, -0.1) is 0 Å². The van der Waals surface area contributed by atoms with Crippen molar-refractivity contribution >= 4 is 23.9 Å². The Bertz CT molecular complexity index is 729. The fourth-order valence-electron chi connectivity index (χ4n) is 2.54. The van der Waals surface area contributed by atoms with Gasteiger partial charge in [0.15, 0.2) is 0 Å². The number of ether oxygens (including phenoxy) is 3. The second kappa shape index (κ2) is 11.8. The zero-order valence-corrected chi connectivity index (χ0v) is 18.0. The molecule has 1 aromatic rings. The maximum Gasteiger partial charge on any atom is 0.408 e. The minimum atomic E-state index is -1.07. The van der Waals surface area contributed by atoms with Crippen molar-refractivity contribution in [2.45, 2.75) is 57.7 Å². The standard InChI is InChI=1S/C21H30N2O7/c1-21(2,3)30-20(27)23-16(13-14-9-7-6-8-10-14)18(25)22-15(19(26)29-5)11-12-17(24)28-4/h6-10,15-16H,11-13H2,1-5H3,(H,22,25)(H,23,27)/t15-,16-/m0/s1. The molecular weight excluding hydrogens is 392 g/mol. The Balaban J connectivity index is 2.95. The topological polar surface area (TPSA) is 120 Å². The van der Waals surface area contributed by atoms with E-state index in [0.717, 1.165) is 5.56 Å². The van der Waals surface area contributed by atoms with Crippen LogP contribution in [0.2, 0.25) is 0 Å². The van der Waals surface area contributed by atoms with Crippen LogP contribution in [0.4, 0.5) is 4.79 Å². The molecule has 0 aliphatic rings. The van der Waals surface area contributed by atoms with Gasteiger partial charge in [-0.25, -0.2) is 9.59 Å². The third kappa shape index (κ3) is 9.40. The summed E-state index contributed by atoms with van der Waals surface area (Å²) in [5, 5.41) is 5.09. The Morgan fingerprint density at radius 1 is 0.933 bits per heavy atom. The van der Waals surface area contributed by atoms with Crippen molar-refractivity contribution in [3.63, 3.8) is 0 Å². The lowest BCUT2D eigenvalue weighted by molar-refractivity contribution is -0.146. The Kier molecular flexibility index (Phi) is 9.80. The zero-order valence-electron chi connectivity index (χ0n) is 18.0. The normalized spacial score (nSPS) is 12.8. The van der Waals surface area contributed by atoms with Crippen LogP contribution in [0.1, 0.15) is 39.2 Å². The van der Waals surface area contributed by atoms with Crippen molar-refractivity contribution in [3.05, 3.63) is 35.9 Å². The van der Waals surface area contributed by atoms with Gasteiger partial charge in [-0.3, -0.25) is 9.59 Å². The fourth-order valence-corrected chi connectivity index (χ4v) is 2.54. The van der Waals surface area contributed by atoms with Gasteiger partial charge in [0.25, 0.3) is 0 Å². The highest BCUT2D eigenvalue weighted by Gasteiger charge is 2.29. The van der Waals surface area contributed by atoms with Crippen molar-refractivity contribution in [1.82, 2.24) is 10.6 Å². The SMILES string of the molecule is COC(=O)CC[C@H](NC(=O)[C@H](Cc1ccccc1)NC(=O)OC(C)(C)C)C(=O)OC. The molecule has 0 bridgehead atoms. The van der Waals surface area contributed by atoms with E-state index in [1.54, 1.807) is 20.8 Å². The van der Waals surface area contributed by atoms with Crippen molar-refractivity contribution in [3.8, 4) is 0 Å². The highest BCUT2D eigenvalue weighted by Crippen LogP contribution is 2.10. The van der Waals surface area contributed by atoms with Gasteiger partial charge in [-0.05, 0) is 32.8 Å². The van der Waals surface area contributed by atoms with Crippen molar-refractivity contribution < 1.29 is 33.4 Å². The maximum absolute atomic E-state index is 12.9. The van der Waals surface area contributed by atoms with Gasteiger partial charge < -0.3 is 24.8 Å². The number of hydrogen-bond acceptors (Lipinski definition) is 7. The predicted molar refractivity (Wildman–Crippen MR) is 109 cm³/mol. The first-order valence-electron chi connectivity index (χ1n) is 9.54. The first-order valence-corrected chi connectivity index (χ1v) is 9.54. The van der Waals surface area contributed by atoms with Crippen molar-refractivity contribution in [2.75, 3.05) is 14.2 Å². The van der Waals surface area contributed by atoms with Gasteiger partial charge in [-0.1, -0.05) is 30.3 Å². The molecule has 166 valence electrons. The van der Waals surface area contributed by atoms with Crippen LogP contribution in [0, 0.1) is 0 Å². The van der Waals surface area contributed by atoms with Crippen LogP contribution < -0.4 is 10.6 Å². The average molecular weight is 422 g/mol. The molecular formula is C21H30N2O7. The number of esters is 2. The molecule has 9 nitrogen and oxygen atoms in total. The number of amides is 2. The van der Waals surface area contributed by atoms with E-state index < -0.39 is 41.6 Å². The molecule has 2 atom stereocenters. The number of alkyl carbamates (subject to hydrolysis) is 1. The van der Waals surface area contributed by atoms with Crippen LogP contribution in [-0.4, -0.2) is 55.8 Å². The van der Waals surface area contributed by atoms with E-state index in [2.05, 4.69) is 15.4 Å². The molecule has 0 heterocycles. The van der Waals surface area contributed by atoms with Gasteiger partial charge in [0.2, 0.25) is 5.91 Å². The lowest BCUT2D eigenvalue weighted by Gasteiger charge is -2.25. The largest absolute Gasteiger partial charge is 0.469 e. The first kappa shape index (κ1) is 24.9. The van der Waals surface area contributed by atoms with E-state index in [0.29, 0.717) is 0 Å². The van der Waals surface area contributed by atoms with E-state index in [-0.39, 0.29) is 19.3 Å². The molecule has 0 aliphatic heterocycles. The van der Waals surface area contributed by atoms with Crippen LogP contribution in [-0.2, 0) is 35.0 Å². The molecule has 2 N–H and O–H groups in total. The number of rotatable bonds is 9. The molecule has 1 aromatic carbocycles. The fraction of sp³-hybridized carbons (Fsp3) is 0.524. The minimum absolute atomic E-state index is 0.00438. The van der Waals surface area contributed by atoms with Gasteiger partial charge in [0.1, 0.15) is 17.7 Å². The number of carbonyl (C=O) groups is 4. The summed E-state index contributed by atoms with van der Waals surface area (Å²) in [6, 6.07) is 7.00. The third-order valence-corrected chi connectivity index (χ3v) is 3.96. The summed E-state index contributed by atoms with van der Waals surface area (Å²) < 4.78 is 14.5. The van der Waals surface area contributed by atoms with Crippen molar-refractivity contribution in [1.29, 1.82) is 0 Å². The summed E-state index contributed by atoms with van der Waals surface area (Å²) >= 11 is 0. The lowest BCUT2D eigenvalue weighted by atomic mass is 10.0. The molecule has 0 spiro atoms. The molecule has 0 unspecified atom stereocenters. The van der Waals surface area contributed by atoms with Gasteiger partial charge in [-0.2, -0.15) is 0 Å². The second-order valence-electron chi connectivity index (χ2n) is 7.59. The molecule has 9 heteroatoms. The minimum Gasteiger partial charge on any atom is -0.469 e. The van der Waals surface area contributed by atoms with Gasteiger partial charge in [0, 0.05) is 12.8 Å².